The molecule has 1 aromatic carbocycles. The van der Waals surface area contributed by atoms with E-state index in [4.69, 9.17) is 0 Å². The van der Waals surface area contributed by atoms with Crippen LogP contribution in [0, 0.1) is 5.92 Å². The van der Waals surface area contributed by atoms with Crippen LogP contribution >= 0.6 is 0 Å². The molecule has 7 heteroatoms. The molecule has 0 aromatic heterocycles. The van der Waals surface area contributed by atoms with Crippen molar-refractivity contribution in [3.05, 3.63) is 29.8 Å². The smallest absolute Gasteiger partial charge is 0.369 e. The zero-order valence-corrected chi connectivity index (χ0v) is 17.9. The summed E-state index contributed by atoms with van der Waals surface area (Å²) in [6.45, 7) is 7.52. The van der Waals surface area contributed by atoms with Crippen LogP contribution in [-0.2, 0) is 11.2 Å². The monoisotopic (exact) mass is 425 g/mol. The number of rotatable bonds is 7. The molecule has 0 spiro atoms. The Morgan fingerprint density at radius 2 is 1.73 bits per heavy atom. The van der Waals surface area contributed by atoms with Crippen LogP contribution in [0.4, 0.5) is 18.9 Å². The zero-order chi connectivity index (χ0) is 21.6. The second-order valence-corrected chi connectivity index (χ2v) is 8.68. The van der Waals surface area contributed by atoms with E-state index in [-0.39, 0.29) is 6.04 Å². The predicted molar refractivity (Wildman–Crippen MR) is 114 cm³/mol. The maximum absolute atomic E-state index is 12.3. The van der Waals surface area contributed by atoms with Crippen molar-refractivity contribution in [2.24, 2.45) is 5.92 Å². The number of carbonyl (C=O) groups is 1. The summed E-state index contributed by atoms with van der Waals surface area (Å²) in [7, 11) is 0. The second-order valence-electron chi connectivity index (χ2n) is 8.68. The number of halogens is 3. The first-order chi connectivity index (χ1) is 14.3. The fraction of sp³-hybridized carbons (Fsp3) is 0.696. The standard InChI is InChI=1S/C23H34F3N3O/c1-2-19-5-3-4-6-21(19)29-15-13-28(14-16-29)12-11-18-7-9-20(10-8-18)27-22(30)17-23(24,25)26/h3-6,18,20H,2,7-17H2,1H3,(H,27,30). The molecule has 1 aromatic rings. The minimum Gasteiger partial charge on any atom is -0.369 e. The molecule has 30 heavy (non-hydrogen) atoms. The average molecular weight is 426 g/mol. The number of benzene rings is 1. The Morgan fingerprint density at radius 3 is 2.37 bits per heavy atom. The maximum atomic E-state index is 12.3. The molecule has 1 saturated carbocycles. The van der Waals surface area contributed by atoms with Gasteiger partial charge in [-0.2, -0.15) is 13.2 Å². The van der Waals surface area contributed by atoms with Gasteiger partial charge in [0.1, 0.15) is 6.42 Å². The van der Waals surface area contributed by atoms with E-state index >= 15 is 0 Å². The van der Waals surface area contributed by atoms with Crippen molar-refractivity contribution in [3.8, 4) is 0 Å². The van der Waals surface area contributed by atoms with Gasteiger partial charge >= 0.3 is 6.18 Å². The second kappa shape index (κ2) is 10.5. The highest BCUT2D eigenvalue weighted by molar-refractivity contribution is 5.76. The molecule has 0 atom stereocenters. The molecule has 168 valence electrons. The van der Waals surface area contributed by atoms with Gasteiger partial charge in [0.15, 0.2) is 0 Å². The number of anilines is 1. The highest BCUT2D eigenvalue weighted by atomic mass is 19.4. The Hall–Kier alpha value is -1.76. The third kappa shape index (κ3) is 6.89. The summed E-state index contributed by atoms with van der Waals surface area (Å²) < 4.78 is 36.9. The largest absolute Gasteiger partial charge is 0.397 e. The normalized spacial score (nSPS) is 23.4. The van der Waals surface area contributed by atoms with Gasteiger partial charge in [0.25, 0.3) is 0 Å². The van der Waals surface area contributed by atoms with Gasteiger partial charge < -0.3 is 10.2 Å². The minimum atomic E-state index is -4.43. The van der Waals surface area contributed by atoms with Crippen LogP contribution in [0.1, 0.15) is 51.0 Å². The number of amides is 1. The van der Waals surface area contributed by atoms with Crippen molar-refractivity contribution < 1.29 is 18.0 Å². The first kappa shape index (κ1) is 22.9. The van der Waals surface area contributed by atoms with Crippen molar-refractivity contribution in [1.29, 1.82) is 0 Å². The first-order valence-corrected chi connectivity index (χ1v) is 11.3. The molecule has 0 unspecified atom stereocenters. The lowest BCUT2D eigenvalue weighted by molar-refractivity contribution is -0.154. The SMILES string of the molecule is CCc1ccccc1N1CCN(CCC2CCC(NC(=O)CC(F)(F)F)CC2)CC1. The van der Waals surface area contributed by atoms with E-state index in [0.717, 1.165) is 71.2 Å². The summed E-state index contributed by atoms with van der Waals surface area (Å²) in [5, 5.41) is 2.56. The van der Waals surface area contributed by atoms with Crippen LogP contribution < -0.4 is 10.2 Å². The van der Waals surface area contributed by atoms with Crippen LogP contribution in [0.5, 0.6) is 0 Å². The van der Waals surface area contributed by atoms with E-state index in [2.05, 4.69) is 46.3 Å². The van der Waals surface area contributed by atoms with Crippen molar-refractivity contribution in [2.45, 2.75) is 64.1 Å². The lowest BCUT2D eigenvalue weighted by Crippen LogP contribution is -2.47. The summed E-state index contributed by atoms with van der Waals surface area (Å²) in [4.78, 5) is 16.5. The van der Waals surface area contributed by atoms with Gasteiger partial charge in [-0.05, 0) is 62.6 Å². The average Bonchev–Trinajstić information content (AvgIpc) is 2.72. The highest BCUT2D eigenvalue weighted by Gasteiger charge is 2.32. The minimum absolute atomic E-state index is 0.0988. The third-order valence-electron chi connectivity index (χ3n) is 6.51. The molecule has 2 aliphatic rings. The Labute approximate surface area is 177 Å². The summed E-state index contributed by atoms with van der Waals surface area (Å²) in [6, 6.07) is 8.56. The number of nitrogens with one attached hydrogen (secondary N) is 1. The van der Waals surface area contributed by atoms with Gasteiger partial charge in [-0.1, -0.05) is 25.1 Å². The lowest BCUT2D eigenvalue weighted by atomic mass is 9.84. The van der Waals surface area contributed by atoms with Gasteiger partial charge in [0, 0.05) is 37.9 Å². The number of hydrogen-bond donors (Lipinski definition) is 1. The van der Waals surface area contributed by atoms with E-state index in [1.165, 1.54) is 11.3 Å². The number of aryl methyl sites for hydroxylation is 1. The van der Waals surface area contributed by atoms with E-state index < -0.39 is 18.5 Å². The molecule has 1 N–H and O–H groups in total. The fourth-order valence-corrected chi connectivity index (χ4v) is 4.75. The molecular formula is C23H34F3N3O. The van der Waals surface area contributed by atoms with Crippen LogP contribution in [0.2, 0.25) is 0 Å². The van der Waals surface area contributed by atoms with Crippen LogP contribution in [0.15, 0.2) is 24.3 Å². The van der Waals surface area contributed by atoms with E-state index in [1.54, 1.807) is 0 Å². The first-order valence-electron chi connectivity index (χ1n) is 11.3. The number of alkyl halides is 3. The number of carbonyl (C=O) groups excluding carboxylic acids is 1. The molecule has 4 nitrogen and oxygen atoms in total. The molecule has 1 aliphatic heterocycles. The van der Waals surface area contributed by atoms with E-state index in [0.29, 0.717) is 5.92 Å². The van der Waals surface area contributed by atoms with Crippen LogP contribution in [-0.4, -0.2) is 55.7 Å². The summed E-state index contributed by atoms with van der Waals surface area (Å²) in [5.41, 5.74) is 2.77. The molecule has 0 radical (unpaired) electrons. The molecule has 2 fully saturated rings. The van der Waals surface area contributed by atoms with Crippen molar-refractivity contribution in [3.63, 3.8) is 0 Å². The van der Waals surface area contributed by atoms with Gasteiger partial charge in [0.05, 0.1) is 0 Å². The number of piperazine rings is 1. The number of nitrogens with zero attached hydrogens (tertiary/aromatic N) is 2. The Kier molecular flexibility index (Phi) is 8.03. The van der Waals surface area contributed by atoms with Crippen molar-refractivity contribution in [1.82, 2.24) is 10.2 Å². The number of hydrogen-bond acceptors (Lipinski definition) is 3. The summed E-state index contributed by atoms with van der Waals surface area (Å²) >= 11 is 0. The molecule has 1 heterocycles. The predicted octanol–water partition coefficient (Wildman–Crippen LogP) is 4.39. The van der Waals surface area contributed by atoms with Crippen LogP contribution in [0.3, 0.4) is 0 Å². The van der Waals surface area contributed by atoms with Gasteiger partial charge in [-0.15, -0.1) is 0 Å². The zero-order valence-electron chi connectivity index (χ0n) is 17.9. The highest BCUT2D eigenvalue weighted by Crippen LogP contribution is 2.28. The molecule has 3 rings (SSSR count). The molecule has 0 bridgehead atoms. The molecular weight excluding hydrogens is 391 g/mol. The van der Waals surface area contributed by atoms with Gasteiger partial charge in [-0.25, -0.2) is 0 Å². The summed E-state index contributed by atoms with van der Waals surface area (Å²) in [6.07, 6.45) is -0.0661. The quantitative estimate of drug-likeness (QED) is 0.704. The molecule has 1 aliphatic carbocycles. The van der Waals surface area contributed by atoms with Crippen LogP contribution in [0.25, 0.3) is 0 Å². The Bertz CT molecular complexity index is 679. The van der Waals surface area contributed by atoms with E-state index in [9.17, 15) is 18.0 Å². The fourth-order valence-electron chi connectivity index (χ4n) is 4.75. The van der Waals surface area contributed by atoms with Crippen molar-refractivity contribution >= 4 is 11.6 Å². The molecule has 1 saturated heterocycles. The number of para-hydroxylation sites is 1. The maximum Gasteiger partial charge on any atom is 0.397 e. The topological polar surface area (TPSA) is 35.6 Å². The Balaban J connectivity index is 1.33. The van der Waals surface area contributed by atoms with Gasteiger partial charge in [-0.3, -0.25) is 9.69 Å². The summed E-state index contributed by atoms with van der Waals surface area (Å²) in [5.74, 6) is -0.284. The Morgan fingerprint density at radius 1 is 1.07 bits per heavy atom. The van der Waals surface area contributed by atoms with E-state index in [1.807, 2.05) is 0 Å². The third-order valence-corrected chi connectivity index (χ3v) is 6.51. The lowest BCUT2D eigenvalue weighted by Gasteiger charge is -2.38. The van der Waals surface area contributed by atoms with Gasteiger partial charge in [0.2, 0.25) is 5.91 Å². The molecule has 1 amide bonds. The van der Waals surface area contributed by atoms with Crippen molar-refractivity contribution in [2.75, 3.05) is 37.6 Å².